The molecule has 0 aliphatic carbocycles. The number of halogens is 3. The maximum Gasteiger partial charge on any atom is 0.416 e. The second kappa shape index (κ2) is 14.5. The summed E-state index contributed by atoms with van der Waals surface area (Å²) >= 11 is 0. The molecule has 3 aromatic carbocycles. The van der Waals surface area contributed by atoms with E-state index in [2.05, 4.69) is 10.1 Å². The van der Waals surface area contributed by atoms with Gasteiger partial charge in [0.2, 0.25) is 0 Å². The van der Waals surface area contributed by atoms with E-state index >= 15 is 0 Å². The molecule has 0 fully saturated rings. The van der Waals surface area contributed by atoms with E-state index in [9.17, 15) is 27.9 Å². The third-order valence-corrected chi connectivity index (χ3v) is 6.59. The normalized spacial score (nSPS) is 12.1. The van der Waals surface area contributed by atoms with Gasteiger partial charge in [0.05, 0.1) is 25.2 Å². The van der Waals surface area contributed by atoms with Crippen LogP contribution in [0.25, 0.3) is 11.1 Å². The summed E-state index contributed by atoms with van der Waals surface area (Å²) in [5.41, 5.74) is 3.38. The van der Waals surface area contributed by atoms with Crippen LogP contribution >= 0.6 is 0 Å². The first kappa shape index (κ1) is 29.9. The van der Waals surface area contributed by atoms with Gasteiger partial charge in [0.1, 0.15) is 0 Å². The smallest absolute Gasteiger partial charge is 0.416 e. The van der Waals surface area contributed by atoms with Crippen LogP contribution in [0.3, 0.4) is 0 Å². The molecule has 208 valence electrons. The number of amides is 1. The SMILES string of the molecule is COC(=O)CCNC(=O)c1ccc(C(O)CCCCCCc2ccc(-c3ccc(C(F)(F)F)cc3)cc2)cc1. The van der Waals surface area contributed by atoms with Gasteiger partial charge in [-0.05, 0) is 65.8 Å². The molecule has 3 rings (SSSR count). The minimum atomic E-state index is -4.33. The summed E-state index contributed by atoms with van der Waals surface area (Å²) in [4.78, 5) is 23.3. The van der Waals surface area contributed by atoms with Gasteiger partial charge in [-0.15, -0.1) is 0 Å². The molecule has 5 nitrogen and oxygen atoms in total. The van der Waals surface area contributed by atoms with Gasteiger partial charge in [-0.1, -0.05) is 67.8 Å². The molecule has 0 heterocycles. The number of hydrogen-bond acceptors (Lipinski definition) is 4. The van der Waals surface area contributed by atoms with Crippen molar-refractivity contribution in [3.8, 4) is 11.1 Å². The van der Waals surface area contributed by atoms with Crippen molar-refractivity contribution >= 4 is 11.9 Å². The third-order valence-electron chi connectivity index (χ3n) is 6.59. The molecule has 1 amide bonds. The Hall–Kier alpha value is -3.65. The Labute approximate surface area is 227 Å². The molecule has 0 aliphatic rings. The molecule has 0 saturated heterocycles. The minimum Gasteiger partial charge on any atom is -0.469 e. The molecule has 39 heavy (non-hydrogen) atoms. The number of aliphatic hydroxyl groups excluding tert-OH is 1. The molecule has 0 saturated carbocycles. The number of hydrogen-bond donors (Lipinski definition) is 2. The third kappa shape index (κ3) is 9.55. The number of carbonyl (C=O) groups excluding carboxylic acids is 2. The van der Waals surface area contributed by atoms with Crippen LogP contribution in [-0.4, -0.2) is 30.6 Å². The van der Waals surface area contributed by atoms with E-state index in [1.54, 1.807) is 24.3 Å². The van der Waals surface area contributed by atoms with Crippen LogP contribution in [0.1, 0.15) is 71.7 Å². The molecule has 0 radical (unpaired) electrons. The van der Waals surface area contributed by atoms with Gasteiger partial charge in [-0.3, -0.25) is 9.59 Å². The molecule has 2 N–H and O–H groups in total. The second-order valence-corrected chi connectivity index (χ2v) is 9.44. The van der Waals surface area contributed by atoms with Crippen LogP contribution in [0, 0.1) is 0 Å². The lowest BCUT2D eigenvalue weighted by atomic mass is 9.99. The number of alkyl halides is 3. The van der Waals surface area contributed by atoms with Crippen LogP contribution in [0.5, 0.6) is 0 Å². The predicted octanol–water partition coefficient (Wildman–Crippen LogP) is 6.89. The first-order valence-electron chi connectivity index (χ1n) is 13.1. The number of nitrogens with one attached hydrogen (secondary N) is 1. The molecule has 3 aromatic rings. The number of benzene rings is 3. The largest absolute Gasteiger partial charge is 0.469 e. The number of carbonyl (C=O) groups is 2. The molecular formula is C31H34F3NO4. The number of aliphatic hydroxyl groups is 1. The first-order chi connectivity index (χ1) is 18.7. The van der Waals surface area contributed by atoms with E-state index in [0.29, 0.717) is 12.0 Å². The summed E-state index contributed by atoms with van der Waals surface area (Å²) in [7, 11) is 1.30. The zero-order valence-corrected chi connectivity index (χ0v) is 22.0. The molecule has 0 spiro atoms. The minimum absolute atomic E-state index is 0.108. The summed E-state index contributed by atoms with van der Waals surface area (Å²) in [6.45, 7) is 0.198. The van der Waals surface area contributed by atoms with Gasteiger partial charge in [0.15, 0.2) is 0 Å². The summed E-state index contributed by atoms with van der Waals surface area (Å²) in [6.07, 6.45) is 0.626. The number of rotatable bonds is 13. The first-order valence-corrected chi connectivity index (χ1v) is 13.1. The van der Waals surface area contributed by atoms with Crippen molar-refractivity contribution in [3.05, 3.63) is 95.1 Å². The lowest BCUT2D eigenvalue weighted by Crippen LogP contribution is -2.26. The maximum absolute atomic E-state index is 12.7. The zero-order chi connectivity index (χ0) is 28.3. The highest BCUT2D eigenvalue weighted by Crippen LogP contribution is 2.31. The quantitative estimate of drug-likeness (QED) is 0.183. The zero-order valence-electron chi connectivity index (χ0n) is 22.0. The molecule has 1 unspecified atom stereocenters. The van der Waals surface area contributed by atoms with E-state index < -0.39 is 17.8 Å². The molecule has 0 aliphatic heterocycles. The fourth-order valence-corrected chi connectivity index (χ4v) is 4.24. The van der Waals surface area contributed by atoms with Crippen molar-refractivity contribution in [2.45, 2.75) is 57.2 Å². The number of ether oxygens (including phenoxy) is 1. The summed E-state index contributed by atoms with van der Waals surface area (Å²) in [5.74, 6) is -0.670. The van der Waals surface area contributed by atoms with Crippen LogP contribution in [0.15, 0.2) is 72.8 Å². The predicted molar refractivity (Wildman–Crippen MR) is 144 cm³/mol. The van der Waals surface area contributed by atoms with Crippen molar-refractivity contribution in [1.29, 1.82) is 0 Å². The lowest BCUT2D eigenvalue weighted by Gasteiger charge is -2.12. The van der Waals surface area contributed by atoms with Crippen LogP contribution < -0.4 is 5.32 Å². The van der Waals surface area contributed by atoms with Gasteiger partial charge in [0, 0.05) is 12.1 Å². The van der Waals surface area contributed by atoms with Gasteiger partial charge >= 0.3 is 12.1 Å². The molecule has 1 atom stereocenters. The monoisotopic (exact) mass is 541 g/mol. The fourth-order valence-electron chi connectivity index (χ4n) is 4.24. The van der Waals surface area contributed by atoms with Crippen LogP contribution in [0.2, 0.25) is 0 Å². The van der Waals surface area contributed by atoms with Gasteiger partial charge < -0.3 is 15.2 Å². The van der Waals surface area contributed by atoms with Crippen LogP contribution in [-0.2, 0) is 22.1 Å². The molecule has 8 heteroatoms. The Kier molecular flexibility index (Phi) is 11.1. The number of unbranched alkanes of at least 4 members (excludes halogenated alkanes) is 3. The van der Waals surface area contributed by atoms with Crippen molar-refractivity contribution in [2.24, 2.45) is 0 Å². The molecule has 0 bridgehead atoms. The van der Waals surface area contributed by atoms with Gasteiger partial charge in [-0.25, -0.2) is 0 Å². The molecule has 0 aromatic heterocycles. The van der Waals surface area contributed by atoms with Crippen molar-refractivity contribution in [3.63, 3.8) is 0 Å². The number of esters is 1. The van der Waals surface area contributed by atoms with E-state index in [1.165, 1.54) is 24.8 Å². The Morgan fingerprint density at radius 2 is 1.44 bits per heavy atom. The fraction of sp³-hybridized carbons (Fsp3) is 0.355. The summed E-state index contributed by atoms with van der Waals surface area (Å²) in [6, 6.07) is 19.9. The van der Waals surface area contributed by atoms with Gasteiger partial charge in [0.25, 0.3) is 5.91 Å². The summed E-state index contributed by atoms with van der Waals surface area (Å²) < 4.78 is 42.8. The van der Waals surface area contributed by atoms with E-state index in [1.807, 2.05) is 24.3 Å². The highest BCUT2D eigenvalue weighted by molar-refractivity contribution is 5.94. The molecular weight excluding hydrogens is 507 g/mol. The number of methoxy groups -OCH3 is 1. The Bertz CT molecular complexity index is 1190. The number of aryl methyl sites for hydroxylation is 1. The Balaban J connectivity index is 1.33. The lowest BCUT2D eigenvalue weighted by molar-refractivity contribution is -0.140. The van der Waals surface area contributed by atoms with Crippen molar-refractivity contribution in [1.82, 2.24) is 5.32 Å². The van der Waals surface area contributed by atoms with Crippen LogP contribution in [0.4, 0.5) is 13.2 Å². The average molecular weight is 542 g/mol. The summed E-state index contributed by atoms with van der Waals surface area (Å²) in [5, 5.41) is 13.1. The van der Waals surface area contributed by atoms with Crippen molar-refractivity contribution in [2.75, 3.05) is 13.7 Å². The van der Waals surface area contributed by atoms with Gasteiger partial charge in [-0.2, -0.15) is 13.2 Å². The van der Waals surface area contributed by atoms with E-state index in [0.717, 1.165) is 60.9 Å². The highest BCUT2D eigenvalue weighted by atomic mass is 19.4. The topological polar surface area (TPSA) is 75.6 Å². The second-order valence-electron chi connectivity index (χ2n) is 9.44. The van der Waals surface area contributed by atoms with Crippen molar-refractivity contribution < 1.29 is 32.6 Å². The Morgan fingerprint density at radius 3 is 2.03 bits per heavy atom. The highest BCUT2D eigenvalue weighted by Gasteiger charge is 2.29. The van der Waals surface area contributed by atoms with E-state index in [4.69, 9.17) is 0 Å². The Morgan fingerprint density at radius 1 is 0.846 bits per heavy atom. The standard InChI is InChI=1S/C31H34F3NO4/c1-39-29(37)20-21-35-30(38)26-14-12-25(13-15-26)28(36)7-5-3-2-4-6-22-8-10-23(11-9-22)24-16-18-27(19-17-24)31(32,33)34/h8-19,28,36H,2-7,20-21H2,1H3,(H,35,38). The maximum atomic E-state index is 12.7. The van der Waals surface area contributed by atoms with E-state index in [-0.39, 0.29) is 24.8 Å². The average Bonchev–Trinajstić information content (AvgIpc) is 2.94.